The van der Waals surface area contributed by atoms with Gasteiger partial charge in [0, 0.05) is 31.7 Å². The number of likely N-dealkylation sites (N-methyl/N-ethyl adjacent to an activating group) is 2. The van der Waals surface area contributed by atoms with E-state index in [1.807, 2.05) is 44.3 Å². The molecule has 0 bridgehead atoms. The van der Waals surface area contributed by atoms with Crippen molar-refractivity contribution in [3.05, 3.63) is 47.9 Å². The summed E-state index contributed by atoms with van der Waals surface area (Å²) in [7, 11) is 3.62. The van der Waals surface area contributed by atoms with Crippen LogP contribution < -0.4 is 5.32 Å². The maximum Gasteiger partial charge on any atom is 0.276 e. The van der Waals surface area contributed by atoms with E-state index in [9.17, 15) is 4.79 Å². The third-order valence-electron chi connectivity index (χ3n) is 3.98. The lowest BCUT2D eigenvalue weighted by Crippen LogP contribution is -2.33. The average molecular weight is 397 g/mol. The summed E-state index contributed by atoms with van der Waals surface area (Å²) in [4.78, 5) is 18.6. The lowest BCUT2D eigenvalue weighted by atomic mass is 10.2. The second-order valence-electron chi connectivity index (χ2n) is 5.62. The quantitative estimate of drug-likeness (QED) is 0.715. The van der Waals surface area contributed by atoms with E-state index in [1.165, 1.54) is 0 Å². The van der Waals surface area contributed by atoms with Gasteiger partial charge in [-0.1, -0.05) is 23.4 Å². The molecular weight excluding hydrogens is 375 g/mol. The van der Waals surface area contributed by atoms with Gasteiger partial charge in [-0.05, 0) is 26.1 Å². The van der Waals surface area contributed by atoms with E-state index >= 15 is 0 Å². The number of rotatable bonds is 5. The van der Waals surface area contributed by atoms with Gasteiger partial charge < -0.3 is 10.2 Å². The Hall–Kier alpha value is -2.22. The largest absolute Gasteiger partial charge is 0.339 e. The maximum absolute atomic E-state index is 12.5. The van der Waals surface area contributed by atoms with Gasteiger partial charge in [-0.15, -0.1) is 29.9 Å². The second kappa shape index (κ2) is 9.47. The summed E-state index contributed by atoms with van der Waals surface area (Å²) >= 11 is 0. The van der Waals surface area contributed by atoms with Gasteiger partial charge in [-0.2, -0.15) is 0 Å². The number of nitrogens with one attached hydrogen (secondary N) is 1. The Morgan fingerprint density at radius 3 is 2.69 bits per heavy atom. The number of nitrogens with zero attached hydrogens (tertiary/aromatic N) is 5. The average Bonchev–Trinajstić information content (AvgIpc) is 2.99. The number of carbonyl (C=O) groups is 1. The minimum atomic E-state index is -0.137. The van der Waals surface area contributed by atoms with Gasteiger partial charge in [-0.25, -0.2) is 4.68 Å². The third kappa shape index (κ3) is 4.12. The van der Waals surface area contributed by atoms with E-state index in [4.69, 9.17) is 0 Å². The Morgan fingerprint density at radius 1 is 1.23 bits per heavy atom. The summed E-state index contributed by atoms with van der Waals surface area (Å²) in [5, 5.41) is 12.3. The van der Waals surface area contributed by atoms with E-state index in [0.717, 1.165) is 23.1 Å². The molecule has 0 aliphatic carbocycles. The van der Waals surface area contributed by atoms with Crippen molar-refractivity contribution in [2.45, 2.75) is 6.92 Å². The molecule has 0 saturated carbocycles. The molecule has 26 heavy (non-hydrogen) atoms. The van der Waals surface area contributed by atoms with Gasteiger partial charge in [0.25, 0.3) is 5.91 Å². The Morgan fingerprint density at radius 2 is 1.96 bits per heavy atom. The zero-order valence-electron chi connectivity index (χ0n) is 14.8. The Balaban J connectivity index is 0.00000169. The Bertz CT molecular complexity index is 877. The molecule has 0 aliphatic rings. The van der Waals surface area contributed by atoms with Gasteiger partial charge in [0.15, 0.2) is 5.69 Å². The molecule has 3 aromatic rings. The number of benzene rings is 1. The van der Waals surface area contributed by atoms with Gasteiger partial charge in [0.1, 0.15) is 0 Å². The summed E-state index contributed by atoms with van der Waals surface area (Å²) in [5.41, 5.74) is 2.71. The molecule has 0 aliphatic heterocycles. The zero-order chi connectivity index (χ0) is 17.1. The monoisotopic (exact) mass is 396 g/mol. The van der Waals surface area contributed by atoms with Crippen LogP contribution in [0.1, 0.15) is 16.2 Å². The summed E-state index contributed by atoms with van der Waals surface area (Å²) in [6.45, 7) is 3.18. The van der Waals surface area contributed by atoms with Crippen molar-refractivity contribution in [1.29, 1.82) is 0 Å². The van der Waals surface area contributed by atoms with Crippen LogP contribution in [-0.2, 0) is 0 Å². The number of halogens is 2. The predicted molar refractivity (Wildman–Crippen MR) is 107 cm³/mol. The molecule has 2 heterocycles. The van der Waals surface area contributed by atoms with E-state index in [2.05, 4.69) is 20.6 Å². The first-order chi connectivity index (χ1) is 11.6. The van der Waals surface area contributed by atoms with Crippen LogP contribution in [0.25, 0.3) is 16.6 Å². The molecule has 0 fully saturated rings. The summed E-state index contributed by atoms with van der Waals surface area (Å²) in [6, 6.07) is 9.76. The van der Waals surface area contributed by atoms with Crippen LogP contribution in [0.3, 0.4) is 0 Å². The molecule has 0 saturated heterocycles. The normalized spacial score (nSPS) is 10.1. The summed E-state index contributed by atoms with van der Waals surface area (Å²) in [6.07, 6.45) is 1.75. The number of amides is 1. The smallest absolute Gasteiger partial charge is 0.276 e. The first kappa shape index (κ1) is 21.8. The predicted octanol–water partition coefficient (Wildman–Crippen LogP) is 2.26. The Kier molecular flexibility index (Phi) is 7.95. The van der Waals surface area contributed by atoms with E-state index < -0.39 is 0 Å². The van der Waals surface area contributed by atoms with E-state index in [1.54, 1.807) is 22.8 Å². The van der Waals surface area contributed by atoms with E-state index in [-0.39, 0.29) is 30.7 Å². The lowest BCUT2D eigenvalue weighted by molar-refractivity contribution is 0.0790. The number of hydrogen-bond donors (Lipinski definition) is 1. The molecule has 3 rings (SSSR count). The molecule has 0 unspecified atom stereocenters. The highest BCUT2D eigenvalue weighted by Gasteiger charge is 2.21. The second-order valence-corrected chi connectivity index (χ2v) is 5.62. The molecule has 7 nitrogen and oxygen atoms in total. The first-order valence-corrected chi connectivity index (χ1v) is 7.80. The maximum atomic E-state index is 12.5. The van der Waals surface area contributed by atoms with Gasteiger partial charge >= 0.3 is 0 Å². The van der Waals surface area contributed by atoms with Gasteiger partial charge in [-0.3, -0.25) is 9.78 Å². The number of pyridine rings is 1. The minimum Gasteiger partial charge on any atom is -0.339 e. The van der Waals surface area contributed by atoms with Crippen LogP contribution in [0.15, 0.2) is 36.5 Å². The fourth-order valence-corrected chi connectivity index (χ4v) is 2.58. The number of hydrogen-bond acceptors (Lipinski definition) is 5. The zero-order valence-corrected chi connectivity index (χ0v) is 16.5. The Labute approximate surface area is 164 Å². The molecular formula is C17H22Cl2N6O. The highest BCUT2D eigenvalue weighted by Crippen LogP contribution is 2.21. The highest BCUT2D eigenvalue weighted by molar-refractivity contribution is 5.93. The molecule has 1 N–H and O–H groups in total. The van der Waals surface area contributed by atoms with Crippen molar-refractivity contribution in [1.82, 2.24) is 30.2 Å². The molecule has 0 radical (unpaired) electrons. The fraction of sp³-hybridized carbons (Fsp3) is 0.294. The minimum absolute atomic E-state index is 0. The van der Waals surface area contributed by atoms with Gasteiger partial charge in [0.2, 0.25) is 0 Å². The number of fused-ring (bicyclic) bond motifs is 1. The first-order valence-electron chi connectivity index (χ1n) is 7.80. The molecule has 1 amide bonds. The van der Waals surface area contributed by atoms with Crippen molar-refractivity contribution in [2.24, 2.45) is 0 Å². The SMILES string of the molecule is CNCCN(C)C(=O)c1nnn(-c2cccc3cccnc23)c1C.Cl.Cl. The van der Waals surface area contributed by atoms with Gasteiger partial charge in [0.05, 0.1) is 16.9 Å². The van der Waals surface area contributed by atoms with Crippen LogP contribution in [0.5, 0.6) is 0 Å². The van der Waals surface area contributed by atoms with Crippen molar-refractivity contribution < 1.29 is 4.79 Å². The van der Waals surface area contributed by atoms with Crippen molar-refractivity contribution in [2.75, 3.05) is 27.2 Å². The number of aromatic nitrogens is 4. The van der Waals surface area contributed by atoms with Crippen molar-refractivity contribution in [3.8, 4) is 5.69 Å². The fourth-order valence-electron chi connectivity index (χ4n) is 2.58. The van der Waals surface area contributed by atoms with Crippen molar-refractivity contribution in [3.63, 3.8) is 0 Å². The third-order valence-corrected chi connectivity index (χ3v) is 3.98. The topological polar surface area (TPSA) is 75.9 Å². The molecule has 140 valence electrons. The van der Waals surface area contributed by atoms with E-state index in [0.29, 0.717) is 17.9 Å². The molecule has 0 spiro atoms. The van der Waals surface area contributed by atoms with Crippen LogP contribution >= 0.6 is 24.8 Å². The molecule has 1 aromatic carbocycles. The summed E-state index contributed by atoms with van der Waals surface area (Å²) in [5.74, 6) is -0.137. The lowest BCUT2D eigenvalue weighted by Gasteiger charge is -2.15. The van der Waals surface area contributed by atoms with Crippen LogP contribution in [-0.4, -0.2) is 58.0 Å². The van der Waals surface area contributed by atoms with Crippen LogP contribution in [0, 0.1) is 6.92 Å². The molecule has 0 atom stereocenters. The van der Waals surface area contributed by atoms with Crippen LogP contribution in [0.2, 0.25) is 0 Å². The number of para-hydroxylation sites is 1. The number of carbonyl (C=O) groups excluding carboxylic acids is 1. The van der Waals surface area contributed by atoms with Crippen molar-refractivity contribution >= 4 is 41.6 Å². The standard InChI is InChI=1S/C17H20N6O.2ClH/c1-12-15(17(24)22(3)11-10-18-2)20-21-23(12)14-8-4-6-13-7-5-9-19-16(13)14;;/h4-9,18H,10-11H2,1-3H3;2*1H. The summed E-state index contributed by atoms with van der Waals surface area (Å²) < 4.78 is 1.68. The molecule has 9 heteroatoms. The molecule has 2 aromatic heterocycles. The van der Waals surface area contributed by atoms with Crippen LogP contribution in [0.4, 0.5) is 0 Å². The highest BCUT2D eigenvalue weighted by atomic mass is 35.5.